The molecule has 0 fully saturated rings. The predicted molar refractivity (Wildman–Crippen MR) is 314 cm³/mol. The molecule has 374 valence electrons. The molecule has 0 spiro atoms. The van der Waals surface area contributed by atoms with Crippen molar-refractivity contribution in [3.63, 3.8) is 0 Å². The first-order valence-electron chi connectivity index (χ1n) is 25.9. The van der Waals surface area contributed by atoms with Crippen LogP contribution in [0.25, 0.3) is 87.7 Å². The average Bonchev–Trinajstić information content (AvgIpc) is 4.13. The number of aryl methyl sites for hydroxylation is 2. The summed E-state index contributed by atoms with van der Waals surface area (Å²) in [5, 5.41) is 7.56. The molecular weight excluding hydrogens is 973 g/mol. The van der Waals surface area contributed by atoms with Gasteiger partial charge < -0.3 is 18.9 Å². The lowest BCUT2D eigenvalue weighted by atomic mass is 10.0. The smallest absolute Gasteiger partial charge is 0.186 e. The van der Waals surface area contributed by atoms with Crippen molar-refractivity contribution in [1.29, 1.82) is 0 Å². The van der Waals surface area contributed by atoms with Gasteiger partial charge in [-0.3, -0.25) is 0 Å². The summed E-state index contributed by atoms with van der Waals surface area (Å²) < 4.78 is 73.8. The molecule has 0 aliphatic carbocycles. The number of hydrogen-bond donors (Lipinski definition) is 0. The Morgan fingerprint density at radius 1 is 0.295 bits per heavy atom. The molecule has 0 saturated heterocycles. The van der Waals surface area contributed by atoms with E-state index in [-0.39, 0.29) is 5.56 Å². The standard InChI is InChI=1S/C70H46F4N4/c1-43-19-27-51(28-20-43)77-61-17-9-7-15-57(61)59-41-55(35-37-63(59)77)75(53-33-23-45-11-3-5-13-48(45)39-53)50-31-25-47(26-32-50)65-66(71)68(73)70(69(74)67(65)72)76(54-34-24-46-12-4-6-14-49(46)40-54)56-36-38-64-60(42-56)58-16-8-10-18-62(58)78(64)52-29-21-44(2)22-30-52/h3-42H,1-2H3. The predicted octanol–water partition coefficient (Wildman–Crippen LogP) is 20.0. The molecule has 4 nitrogen and oxygen atoms in total. The maximum atomic E-state index is 17.5. The number of anilines is 6. The molecule has 0 radical (unpaired) electrons. The van der Waals surface area contributed by atoms with Crippen LogP contribution >= 0.6 is 0 Å². The second-order valence-electron chi connectivity index (χ2n) is 20.0. The molecule has 8 heteroatoms. The highest BCUT2D eigenvalue weighted by Gasteiger charge is 2.32. The molecule has 0 amide bonds. The highest BCUT2D eigenvalue weighted by molar-refractivity contribution is 6.12. The van der Waals surface area contributed by atoms with Gasteiger partial charge in [0, 0.05) is 61.4 Å². The maximum Gasteiger partial charge on any atom is 0.186 e. The van der Waals surface area contributed by atoms with Crippen LogP contribution < -0.4 is 9.80 Å². The number of rotatable bonds is 9. The van der Waals surface area contributed by atoms with Crippen LogP contribution in [0.5, 0.6) is 0 Å². The summed E-state index contributed by atoms with van der Waals surface area (Å²) in [5.74, 6) is -6.08. The number of benzene rings is 12. The van der Waals surface area contributed by atoms with E-state index in [4.69, 9.17) is 0 Å². The second kappa shape index (κ2) is 18.4. The van der Waals surface area contributed by atoms with Gasteiger partial charge in [0.1, 0.15) is 5.69 Å². The van der Waals surface area contributed by atoms with E-state index in [1.54, 1.807) is 30.3 Å². The zero-order chi connectivity index (χ0) is 52.8. The summed E-state index contributed by atoms with van der Waals surface area (Å²) in [4.78, 5) is 3.37. The van der Waals surface area contributed by atoms with Crippen LogP contribution in [0.4, 0.5) is 51.7 Å². The van der Waals surface area contributed by atoms with Gasteiger partial charge >= 0.3 is 0 Å². The van der Waals surface area contributed by atoms with Crippen LogP contribution in [0.2, 0.25) is 0 Å². The first-order chi connectivity index (χ1) is 38.2. The summed E-state index contributed by atoms with van der Waals surface area (Å²) in [6.45, 7) is 4.11. The SMILES string of the molecule is Cc1ccc(-n2c3ccccc3c3cc(N(c4ccc(-c5c(F)c(F)c(N(c6ccc7ccccc7c6)c6ccc7c(c6)c6ccccc6n7-c6ccc(C)cc6)c(F)c5F)cc4)c4ccc5ccccc5c4)ccc32)cc1. The quantitative estimate of drug-likeness (QED) is 0.106. The monoisotopic (exact) mass is 1020 g/mol. The topological polar surface area (TPSA) is 16.3 Å². The average molecular weight is 1020 g/mol. The lowest BCUT2D eigenvalue weighted by Gasteiger charge is -2.28. The molecular formula is C70H46F4N4. The molecule has 0 atom stereocenters. The molecule has 12 aromatic carbocycles. The van der Waals surface area contributed by atoms with Crippen molar-refractivity contribution in [3.05, 3.63) is 277 Å². The van der Waals surface area contributed by atoms with E-state index in [0.717, 1.165) is 93.5 Å². The van der Waals surface area contributed by atoms with Gasteiger partial charge in [0.25, 0.3) is 0 Å². The molecule has 0 aliphatic rings. The minimum atomic E-state index is -1.53. The fourth-order valence-corrected chi connectivity index (χ4v) is 11.5. The van der Waals surface area contributed by atoms with Crippen molar-refractivity contribution >= 4 is 99.3 Å². The number of nitrogens with zero attached hydrogens (tertiary/aromatic N) is 4. The van der Waals surface area contributed by atoms with Crippen molar-refractivity contribution < 1.29 is 17.6 Å². The van der Waals surface area contributed by atoms with E-state index >= 15 is 17.6 Å². The number of halogens is 4. The Bertz CT molecular complexity index is 4660. The van der Waals surface area contributed by atoms with Crippen LogP contribution in [0.15, 0.2) is 243 Å². The Morgan fingerprint density at radius 3 is 1.15 bits per heavy atom. The van der Waals surface area contributed by atoms with E-state index in [2.05, 4.69) is 112 Å². The molecule has 2 heterocycles. The Hall–Kier alpha value is -9.92. The third kappa shape index (κ3) is 7.59. The molecule has 0 bridgehead atoms. The normalized spacial score (nSPS) is 11.7. The van der Waals surface area contributed by atoms with Gasteiger partial charge in [0.15, 0.2) is 23.3 Å². The molecule has 14 aromatic rings. The first kappa shape index (κ1) is 46.6. The zero-order valence-electron chi connectivity index (χ0n) is 42.4. The minimum absolute atomic E-state index is 0.0317. The van der Waals surface area contributed by atoms with E-state index in [1.165, 1.54) is 22.6 Å². The van der Waals surface area contributed by atoms with E-state index in [0.29, 0.717) is 17.1 Å². The summed E-state index contributed by atoms with van der Waals surface area (Å²) >= 11 is 0. The minimum Gasteiger partial charge on any atom is -0.310 e. The van der Waals surface area contributed by atoms with E-state index in [1.807, 2.05) is 116 Å². The van der Waals surface area contributed by atoms with Crippen molar-refractivity contribution in [2.75, 3.05) is 9.80 Å². The van der Waals surface area contributed by atoms with E-state index in [9.17, 15) is 0 Å². The van der Waals surface area contributed by atoms with Crippen molar-refractivity contribution in [2.45, 2.75) is 13.8 Å². The fourth-order valence-electron chi connectivity index (χ4n) is 11.5. The Kier molecular flexibility index (Phi) is 11.0. The molecule has 0 aliphatic heterocycles. The van der Waals surface area contributed by atoms with Gasteiger partial charge in [-0.15, -0.1) is 0 Å². The van der Waals surface area contributed by atoms with Crippen LogP contribution in [-0.4, -0.2) is 9.13 Å². The molecule has 14 rings (SSSR count). The van der Waals surface area contributed by atoms with Crippen LogP contribution in [0.3, 0.4) is 0 Å². The van der Waals surface area contributed by atoms with Gasteiger partial charge in [0.05, 0.1) is 27.6 Å². The number of fused-ring (bicyclic) bond motifs is 8. The van der Waals surface area contributed by atoms with E-state index < -0.39 is 34.5 Å². The first-order valence-corrected chi connectivity index (χ1v) is 25.9. The van der Waals surface area contributed by atoms with Crippen molar-refractivity contribution in [2.24, 2.45) is 0 Å². The maximum absolute atomic E-state index is 17.5. The highest BCUT2D eigenvalue weighted by Crippen LogP contribution is 2.47. The number of hydrogen-bond acceptors (Lipinski definition) is 2. The Labute approximate surface area is 447 Å². The number of para-hydroxylation sites is 2. The fraction of sp³-hybridized carbons (Fsp3) is 0.0286. The molecule has 78 heavy (non-hydrogen) atoms. The van der Waals surface area contributed by atoms with Gasteiger partial charge in [-0.1, -0.05) is 145 Å². The largest absolute Gasteiger partial charge is 0.310 e. The summed E-state index contributed by atoms with van der Waals surface area (Å²) in [5.41, 5.74) is 9.40. The molecule has 0 saturated carbocycles. The van der Waals surface area contributed by atoms with Crippen molar-refractivity contribution in [1.82, 2.24) is 9.13 Å². The second-order valence-corrected chi connectivity index (χ2v) is 20.0. The molecule has 0 N–H and O–H groups in total. The van der Waals surface area contributed by atoms with Crippen LogP contribution in [0, 0.1) is 37.1 Å². The highest BCUT2D eigenvalue weighted by atomic mass is 19.2. The third-order valence-electron chi connectivity index (χ3n) is 15.3. The van der Waals surface area contributed by atoms with Crippen LogP contribution in [0.1, 0.15) is 11.1 Å². The Morgan fingerprint density at radius 2 is 0.667 bits per heavy atom. The van der Waals surface area contributed by atoms with Gasteiger partial charge in [-0.25, -0.2) is 17.6 Å². The lowest BCUT2D eigenvalue weighted by molar-refractivity contribution is 0.461. The van der Waals surface area contributed by atoms with Gasteiger partial charge in [-0.05, 0) is 150 Å². The number of aromatic nitrogens is 2. The van der Waals surface area contributed by atoms with Gasteiger partial charge in [-0.2, -0.15) is 0 Å². The Balaban J connectivity index is 0.904. The zero-order valence-corrected chi connectivity index (χ0v) is 42.4. The molecule has 2 aromatic heterocycles. The van der Waals surface area contributed by atoms with Gasteiger partial charge in [0.2, 0.25) is 0 Å². The third-order valence-corrected chi connectivity index (χ3v) is 15.3. The van der Waals surface area contributed by atoms with Crippen molar-refractivity contribution in [3.8, 4) is 22.5 Å². The molecule has 0 unspecified atom stereocenters. The van der Waals surface area contributed by atoms with Crippen LogP contribution in [-0.2, 0) is 0 Å². The lowest BCUT2D eigenvalue weighted by Crippen LogP contribution is -2.16. The summed E-state index contributed by atoms with van der Waals surface area (Å²) in [7, 11) is 0. The summed E-state index contributed by atoms with van der Waals surface area (Å²) in [6.07, 6.45) is 0. The summed E-state index contributed by atoms with van der Waals surface area (Å²) in [6, 6.07) is 78.5.